The monoisotopic (exact) mass is 408 g/mol. The molecule has 0 unspecified atom stereocenters. The highest BCUT2D eigenvalue weighted by atomic mass is 19.1. The lowest BCUT2D eigenvalue weighted by atomic mass is 10.0. The van der Waals surface area contributed by atoms with Gasteiger partial charge in [-0.1, -0.05) is 30.3 Å². The maximum absolute atomic E-state index is 13.4. The first-order valence-electron chi connectivity index (χ1n) is 10.8. The van der Waals surface area contributed by atoms with E-state index in [1.165, 1.54) is 6.07 Å². The smallest absolute Gasteiger partial charge is 0.243 e. The van der Waals surface area contributed by atoms with E-state index in [4.69, 9.17) is 0 Å². The lowest BCUT2D eigenvalue weighted by Gasteiger charge is -2.35. The van der Waals surface area contributed by atoms with Crippen LogP contribution in [0, 0.1) is 12.7 Å². The van der Waals surface area contributed by atoms with E-state index in [2.05, 4.69) is 15.3 Å². The summed E-state index contributed by atoms with van der Waals surface area (Å²) in [5, 5.41) is 9.82. The van der Waals surface area contributed by atoms with Gasteiger partial charge in [0.05, 0.1) is 12.3 Å². The summed E-state index contributed by atoms with van der Waals surface area (Å²) in [6, 6.07) is 15.5. The number of carbonyl (C=O) groups excluding carboxylic acids is 1. The minimum Gasteiger partial charge on any atom is -0.371 e. The highest BCUT2D eigenvalue weighted by Gasteiger charge is 2.23. The normalized spacial score (nSPS) is 17.9. The third kappa shape index (κ3) is 4.87. The number of piperidine rings is 1. The average Bonchev–Trinajstić information content (AvgIpc) is 2.76. The van der Waals surface area contributed by atoms with Crippen molar-refractivity contribution in [2.75, 3.05) is 31.1 Å². The molecule has 2 aromatic rings. The van der Waals surface area contributed by atoms with Crippen molar-refractivity contribution >= 4 is 17.3 Å². The fourth-order valence-electron chi connectivity index (χ4n) is 4.29. The van der Waals surface area contributed by atoms with Crippen LogP contribution in [-0.2, 0) is 4.79 Å². The second kappa shape index (κ2) is 9.39. The van der Waals surface area contributed by atoms with Gasteiger partial charge in [-0.3, -0.25) is 4.79 Å². The maximum atomic E-state index is 13.4. The SMILES string of the molecule is Cc1cc(F)ccc1N1CCC(NCCN2N=C(c3ccccc3)CCC2=O)CC1. The molecule has 0 radical (unpaired) electrons. The van der Waals surface area contributed by atoms with E-state index in [1.54, 1.807) is 11.1 Å². The number of hydrogen-bond donors (Lipinski definition) is 1. The van der Waals surface area contributed by atoms with Crippen molar-refractivity contribution in [3.8, 4) is 0 Å². The Labute approximate surface area is 177 Å². The van der Waals surface area contributed by atoms with Crippen LogP contribution in [0.25, 0.3) is 0 Å². The molecule has 6 heteroatoms. The van der Waals surface area contributed by atoms with Crippen LogP contribution in [-0.4, -0.2) is 48.8 Å². The van der Waals surface area contributed by atoms with Crippen LogP contribution in [0.5, 0.6) is 0 Å². The van der Waals surface area contributed by atoms with E-state index in [-0.39, 0.29) is 11.7 Å². The zero-order valence-electron chi connectivity index (χ0n) is 17.5. The summed E-state index contributed by atoms with van der Waals surface area (Å²) in [6.45, 7) is 5.18. The zero-order chi connectivity index (χ0) is 20.9. The van der Waals surface area contributed by atoms with Crippen molar-refractivity contribution in [2.24, 2.45) is 5.10 Å². The lowest BCUT2D eigenvalue weighted by Crippen LogP contribution is -2.45. The predicted octanol–water partition coefficient (Wildman–Crippen LogP) is 3.72. The summed E-state index contributed by atoms with van der Waals surface area (Å²) in [7, 11) is 0. The van der Waals surface area contributed by atoms with Crippen LogP contribution in [0.2, 0.25) is 0 Å². The molecule has 2 heterocycles. The third-order valence-electron chi connectivity index (χ3n) is 5.96. The minimum atomic E-state index is -0.182. The Kier molecular flexibility index (Phi) is 6.43. The van der Waals surface area contributed by atoms with Crippen LogP contribution >= 0.6 is 0 Å². The molecule has 0 saturated carbocycles. The van der Waals surface area contributed by atoms with E-state index in [1.807, 2.05) is 43.3 Å². The van der Waals surface area contributed by atoms with Gasteiger partial charge in [-0.2, -0.15) is 5.10 Å². The average molecular weight is 409 g/mol. The number of carbonyl (C=O) groups is 1. The van der Waals surface area contributed by atoms with Crippen LogP contribution in [0.3, 0.4) is 0 Å². The van der Waals surface area contributed by atoms with Crippen molar-refractivity contribution < 1.29 is 9.18 Å². The Morgan fingerprint density at radius 1 is 1.10 bits per heavy atom. The first kappa shape index (κ1) is 20.5. The molecule has 1 amide bonds. The third-order valence-corrected chi connectivity index (χ3v) is 5.96. The van der Waals surface area contributed by atoms with E-state index >= 15 is 0 Å². The van der Waals surface area contributed by atoms with Crippen molar-refractivity contribution in [2.45, 2.75) is 38.6 Å². The number of benzene rings is 2. The Morgan fingerprint density at radius 2 is 1.87 bits per heavy atom. The Balaban J connectivity index is 1.26. The number of hydrogen-bond acceptors (Lipinski definition) is 4. The predicted molar refractivity (Wildman–Crippen MR) is 118 cm³/mol. The number of halogens is 1. The highest BCUT2D eigenvalue weighted by Crippen LogP contribution is 2.24. The van der Waals surface area contributed by atoms with Crippen molar-refractivity contribution in [3.05, 3.63) is 65.5 Å². The molecule has 0 aromatic heterocycles. The van der Waals surface area contributed by atoms with Gasteiger partial charge in [-0.15, -0.1) is 0 Å². The van der Waals surface area contributed by atoms with Crippen molar-refractivity contribution in [3.63, 3.8) is 0 Å². The van der Waals surface area contributed by atoms with Gasteiger partial charge in [-0.25, -0.2) is 9.40 Å². The van der Waals surface area contributed by atoms with Crippen LogP contribution < -0.4 is 10.2 Å². The van der Waals surface area contributed by atoms with Gasteiger partial charge in [0, 0.05) is 44.2 Å². The summed E-state index contributed by atoms with van der Waals surface area (Å²) in [6.07, 6.45) is 3.28. The number of nitrogens with one attached hydrogen (secondary N) is 1. The van der Waals surface area contributed by atoms with Crippen LogP contribution in [0.15, 0.2) is 53.6 Å². The molecule has 1 N–H and O–H groups in total. The first-order chi connectivity index (χ1) is 14.6. The molecule has 1 saturated heterocycles. The minimum absolute atomic E-state index is 0.0954. The van der Waals surface area contributed by atoms with Crippen molar-refractivity contribution in [1.29, 1.82) is 0 Å². The summed E-state index contributed by atoms with van der Waals surface area (Å²) in [4.78, 5) is 14.6. The summed E-state index contributed by atoms with van der Waals surface area (Å²) in [5.41, 5.74) is 4.18. The van der Waals surface area contributed by atoms with Gasteiger partial charge in [0.25, 0.3) is 0 Å². The molecule has 0 atom stereocenters. The molecule has 2 aliphatic rings. The molecule has 0 bridgehead atoms. The molecule has 2 aliphatic heterocycles. The largest absolute Gasteiger partial charge is 0.371 e. The van der Waals surface area contributed by atoms with Gasteiger partial charge < -0.3 is 10.2 Å². The number of hydrazone groups is 1. The fourth-order valence-corrected chi connectivity index (χ4v) is 4.29. The Bertz CT molecular complexity index is 907. The second-order valence-corrected chi connectivity index (χ2v) is 8.08. The molecular weight excluding hydrogens is 379 g/mol. The molecule has 4 rings (SSSR count). The maximum Gasteiger partial charge on any atom is 0.243 e. The lowest BCUT2D eigenvalue weighted by molar-refractivity contribution is -0.131. The van der Waals surface area contributed by atoms with E-state index < -0.39 is 0 Å². The molecule has 2 aromatic carbocycles. The van der Waals surface area contributed by atoms with E-state index in [0.717, 1.165) is 55.0 Å². The quantitative estimate of drug-likeness (QED) is 0.793. The molecule has 1 fully saturated rings. The molecule has 30 heavy (non-hydrogen) atoms. The van der Waals surface area contributed by atoms with E-state index in [0.29, 0.717) is 25.4 Å². The van der Waals surface area contributed by atoms with Crippen molar-refractivity contribution in [1.82, 2.24) is 10.3 Å². The molecular formula is C24H29FN4O. The van der Waals surface area contributed by atoms with Gasteiger partial charge in [0.1, 0.15) is 5.82 Å². The molecule has 0 spiro atoms. The number of nitrogens with zero attached hydrogens (tertiary/aromatic N) is 3. The number of rotatable bonds is 6. The zero-order valence-corrected chi connectivity index (χ0v) is 17.5. The topological polar surface area (TPSA) is 47.9 Å². The molecule has 0 aliphatic carbocycles. The van der Waals surface area contributed by atoms with E-state index in [9.17, 15) is 9.18 Å². The summed E-state index contributed by atoms with van der Waals surface area (Å²) < 4.78 is 13.4. The van der Waals surface area contributed by atoms with Gasteiger partial charge in [0.15, 0.2) is 0 Å². The van der Waals surface area contributed by atoms with Gasteiger partial charge in [-0.05, 0) is 49.1 Å². The standard InChI is InChI=1S/C24H29FN4O/c1-18-17-20(25)7-9-23(18)28-14-11-21(12-15-28)26-13-16-29-24(30)10-8-22(27-29)19-5-3-2-4-6-19/h2-7,9,17,21,26H,8,10-16H2,1H3. The first-order valence-corrected chi connectivity index (χ1v) is 10.8. The van der Waals surface area contributed by atoms with Crippen LogP contribution in [0.4, 0.5) is 10.1 Å². The fraction of sp³-hybridized carbons (Fsp3) is 0.417. The van der Waals surface area contributed by atoms with Gasteiger partial charge >= 0.3 is 0 Å². The second-order valence-electron chi connectivity index (χ2n) is 8.08. The summed E-state index contributed by atoms with van der Waals surface area (Å²) >= 11 is 0. The number of amides is 1. The molecule has 5 nitrogen and oxygen atoms in total. The number of aryl methyl sites for hydroxylation is 1. The number of anilines is 1. The van der Waals surface area contributed by atoms with Crippen LogP contribution in [0.1, 0.15) is 36.8 Å². The summed E-state index contributed by atoms with van der Waals surface area (Å²) in [5.74, 6) is -0.0868. The Hall–Kier alpha value is -2.73. The molecule has 158 valence electrons. The highest BCUT2D eigenvalue weighted by molar-refractivity contribution is 6.04. The van der Waals surface area contributed by atoms with Gasteiger partial charge in [0.2, 0.25) is 5.91 Å². The Morgan fingerprint density at radius 3 is 2.60 bits per heavy atom.